The van der Waals surface area contributed by atoms with E-state index in [1.54, 1.807) is 0 Å². The number of hydrogen-bond donors (Lipinski definition) is 1. The molecule has 0 amide bonds. The van der Waals surface area contributed by atoms with E-state index in [4.69, 9.17) is 5.73 Å². The minimum atomic E-state index is -0.123. The first kappa shape index (κ1) is 11.4. The minimum absolute atomic E-state index is 0.123. The van der Waals surface area contributed by atoms with Crippen LogP contribution in [0.4, 0.5) is 0 Å². The van der Waals surface area contributed by atoms with Crippen molar-refractivity contribution >= 4 is 0 Å². The molecular weight excluding hydrogens is 220 g/mol. The van der Waals surface area contributed by atoms with E-state index in [9.17, 15) is 0 Å². The van der Waals surface area contributed by atoms with Crippen LogP contribution in [0.25, 0.3) is 0 Å². The van der Waals surface area contributed by atoms with E-state index >= 15 is 0 Å². The van der Waals surface area contributed by atoms with Gasteiger partial charge in [-0.3, -0.25) is 4.98 Å². The van der Waals surface area contributed by atoms with Crippen molar-refractivity contribution in [2.24, 2.45) is 5.73 Å². The average Bonchev–Trinajstić information content (AvgIpc) is 2.38. The van der Waals surface area contributed by atoms with E-state index in [0.29, 0.717) is 0 Å². The first-order chi connectivity index (χ1) is 8.84. The Labute approximate surface area is 108 Å². The van der Waals surface area contributed by atoms with Crippen LogP contribution in [0.5, 0.6) is 0 Å². The molecule has 18 heavy (non-hydrogen) atoms. The normalized spacial score (nSPS) is 17.2. The molecule has 2 N–H and O–H groups in total. The van der Waals surface area contributed by atoms with Crippen LogP contribution in [0, 0.1) is 0 Å². The fourth-order valence-corrected chi connectivity index (χ4v) is 2.41. The van der Waals surface area contributed by atoms with E-state index in [-0.39, 0.29) is 6.04 Å². The highest BCUT2D eigenvalue weighted by molar-refractivity contribution is 5.29. The van der Waals surface area contributed by atoms with Gasteiger partial charge in [-0.05, 0) is 36.0 Å². The first-order valence-corrected chi connectivity index (χ1v) is 6.61. The smallest absolute Gasteiger partial charge is 0.0726 e. The number of rotatable bonds is 3. The van der Waals surface area contributed by atoms with Crippen LogP contribution < -0.4 is 5.73 Å². The van der Waals surface area contributed by atoms with E-state index in [2.05, 4.69) is 17.1 Å². The standard InChI is InChI=1S/C16H18N2/c17-16(13-5-2-1-3-6-13)15-10-9-14(11-18-15)12-7-4-8-12/h1-3,5-6,9-12,16H,4,7-8,17H2. The Morgan fingerprint density at radius 2 is 1.83 bits per heavy atom. The number of nitrogens with two attached hydrogens (primary N) is 1. The lowest BCUT2D eigenvalue weighted by Crippen LogP contribution is -2.14. The molecule has 0 spiro atoms. The van der Waals surface area contributed by atoms with Crippen molar-refractivity contribution in [1.82, 2.24) is 4.98 Å². The Bertz CT molecular complexity index is 500. The molecule has 3 rings (SSSR count). The predicted octanol–water partition coefficient (Wildman–Crippen LogP) is 3.40. The molecule has 2 heteroatoms. The summed E-state index contributed by atoms with van der Waals surface area (Å²) in [7, 11) is 0. The van der Waals surface area contributed by atoms with E-state index in [1.807, 2.05) is 36.5 Å². The van der Waals surface area contributed by atoms with Gasteiger partial charge < -0.3 is 5.73 Å². The zero-order valence-corrected chi connectivity index (χ0v) is 10.4. The maximum Gasteiger partial charge on any atom is 0.0726 e. The number of pyridine rings is 1. The van der Waals surface area contributed by atoms with Gasteiger partial charge in [-0.1, -0.05) is 42.8 Å². The molecule has 1 aromatic heterocycles. The maximum atomic E-state index is 6.23. The highest BCUT2D eigenvalue weighted by Gasteiger charge is 2.20. The molecule has 2 aromatic rings. The van der Waals surface area contributed by atoms with E-state index in [1.165, 1.54) is 24.8 Å². The molecule has 1 atom stereocenters. The van der Waals surface area contributed by atoms with Crippen molar-refractivity contribution in [2.75, 3.05) is 0 Å². The third-order valence-corrected chi connectivity index (χ3v) is 3.86. The molecule has 1 heterocycles. The molecule has 1 aromatic carbocycles. The summed E-state index contributed by atoms with van der Waals surface area (Å²) in [5.41, 5.74) is 9.65. The number of benzene rings is 1. The molecule has 1 aliphatic carbocycles. The van der Waals surface area contributed by atoms with Gasteiger partial charge in [-0.25, -0.2) is 0 Å². The summed E-state index contributed by atoms with van der Waals surface area (Å²) >= 11 is 0. The summed E-state index contributed by atoms with van der Waals surface area (Å²) in [6.45, 7) is 0. The summed E-state index contributed by atoms with van der Waals surface area (Å²) < 4.78 is 0. The van der Waals surface area contributed by atoms with Gasteiger partial charge in [0.1, 0.15) is 0 Å². The minimum Gasteiger partial charge on any atom is -0.319 e. The quantitative estimate of drug-likeness (QED) is 0.890. The third-order valence-electron chi connectivity index (χ3n) is 3.86. The topological polar surface area (TPSA) is 38.9 Å². The highest BCUT2D eigenvalue weighted by Crippen LogP contribution is 2.36. The van der Waals surface area contributed by atoms with Crippen molar-refractivity contribution in [1.29, 1.82) is 0 Å². The number of aromatic nitrogens is 1. The molecule has 0 radical (unpaired) electrons. The fraction of sp³-hybridized carbons (Fsp3) is 0.312. The van der Waals surface area contributed by atoms with Crippen molar-refractivity contribution < 1.29 is 0 Å². The maximum absolute atomic E-state index is 6.23. The van der Waals surface area contributed by atoms with Crippen LogP contribution in [0.2, 0.25) is 0 Å². The van der Waals surface area contributed by atoms with Crippen LogP contribution in [-0.4, -0.2) is 4.98 Å². The Morgan fingerprint density at radius 3 is 2.39 bits per heavy atom. The summed E-state index contributed by atoms with van der Waals surface area (Å²) in [5.74, 6) is 0.736. The summed E-state index contributed by atoms with van der Waals surface area (Å²) in [6.07, 6.45) is 5.98. The molecule has 1 unspecified atom stereocenters. The van der Waals surface area contributed by atoms with Crippen molar-refractivity contribution in [3.8, 4) is 0 Å². The van der Waals surface area contributed by atoms with Crippen LogP contribution in [0.1, 0.15) is 48.0 Å². The molecule has 1 fully saturated rings. The highest BCUT2D eigenvalue weighted by atomic mass is 14.8. The van der Waals surface area contributed by atoms with Gasteiger partial charge in [0.25, 0.3) is 0 Å². The lowest BCUT2D eigenvalue weighted by atomic mass is 9.80. The molecule has 1 saturated carbocycles. The van der Waals surface area contributed by atoms with Crippen LogP contribution in [0.3, 0.4) is 0 Å². The molecular formula is C16H18N2. The Kier molecular flexibility index (Phi) is 3.11. The van der Waals surface area contributed by atoms with Crippen LogP contribution >= 0.6 is 0 Å². The Balaban J connectivity index is 1.80. The van der Waals surface area contributed by atoms with Crippen molar-refractivity contribution in [3.05, 3.63) is 65.5 Å². The largest absolute Gasteiger partial charge is 0.319 e. The third kappa shape index (κ3) is 2.16. The zero-order valence-electron chi connectivity index (χ0n) is 10.4. The predicted molar refractivity (Wildman–Crippen MR) is 73.3 cm³/mol. The second-order valence-corrected chi connectivity index (χ2v) is 5.03. The average molecular weight is 238 g/mol. The summed E-state index contributed by atoms with van der Waals surface area (Å²) in [6, 6.07) is 14.3. The molecule has 0 saturated heterocycles. The second kappa shape index (κ2) is 4.91. The zero-order chi connectivity index (χ0) is 12.4. The molecule has 1 aliphatic rings. The fourth-order valence-electron chi connectivity index (χ4n) is 2.41. The number of hydrogen-bond acceptors (Lipinski definition) is 2. The SMILES string of the molecule is NC(c1ccccc1)c1ccc(C2CCC2)cn1. The molecule has 0 bridgehead atoms. The van der Waals surface area contributed by atoms with Gasteiger partial charge in [-0.2, -0.15) is 0 Å². The second-order valence-electron chi connectivity index (χ2n) is 5.03. The van der Waals surface area contributed by atoms with Gasteiger partial charge in [0, 0.05) is 6.20 Å². The lowest BCUT2D eigenvalue weighted by molar-refractivity contribution is 0.418. The van der Waals surface area contributed by atoms with Gasteiger partial charge in [0.05, 0.1) is 11.7 Å². The van der Waals surface area contributed by atoms with Crippen molar-refractivity contribution in [3.63, 3.8) is 0 Å². The molecule has 2 nitrogen and oxygen atoms in total. The molecule has 92 valence electrons. The number of nitrogens with zero attached hydrogens (tertiary/aromatic N) is 1. The Morgan fingerprint density at radius 1 is 1.06 bits per heavy atom. The van der Waals surface area contributed by atoms with E-state index < -0.39 is 0 Å². The first-order valence-electron chi connectivity index (χ1n) is 6.61. The van der Waals surface area contributed by atoms with Crippen molar-refractivity contribution in [2.45, 2.75) is 31.2 Å². The molecule has 0 aliphatic heterocycles. The lowest BCUT2D eigenvalue weighted by Gasteiger charge is -2.25. The van der Waals surface area contributed by atoms with Gasteiger partial charge in [0.2, 0.25) is 0 Å². The summed E-state index contributed by atoms with van der Waals surface area (Å²) in [5, 5.41) is 0. The monoisotopic (exact) mass is 238 g/mol. The van der Waals surface area contributed by atoms with E-state index in [0.717, 1.165) is 17.2 Å². The van der Waals surface area contributed by atoms with Crippen LogP contribution in [-0.2, 0) is 0 Å². The van der Waals surface area contributed by atoms with Gasteiger partial charge in [-0.15, -0.1) is 0 Å². The van der Waals surface area contributed by atoms with Gasteiger partial charge >= 0.3 is 0 Å². The Hall–Kier alpha value is -1.67. The summed E-state index contributed by atoms with van der Waals surface area (Å²) in [4.78, 5) is 4.53. The van der Waals surface area contributed by atoms with Crippen LogP contribution in [0.15, 0.2) is 48.7 Å². The van der Waals surface area contributed by atoms with Gasteiger partial charge in [0.15, 0.2) is 0 Å².